The number of halogens is 2. The smallest absolute Gasteiger partial charge is 0.258 e. The molecule has 4 atom stereocenters. The molecule has 66 heavy (non-hydrogen) atoms. The number of methoxy groups -OCH3 is 1. The third-order valence-electron chi connectivity index (χ3n) is 14.7. The number of ether oxygens (including phenoxy) is 2. The van der Waals surface area contributed by atoms with E-state index < -0.39 is 29.4 Å². The van der Waals surface area contributed by atoms with Gasteiger partial charge >= 0.3 is 0 Å². The maximum atomic E-state index is 15.5. The van der Waals surface area contributed by atoms with E-state index in [0.29, 0.717) is 79.2 Å². The van der Waals surface area contributed by atoms with Crippen molar-refractivity contribution in [1.82, 2.24) is 34.5 Å². The molecule has 1 saturated carbocycles. The van der Waals surface area contributed by atoms with Crippen molar-refractivity contribution >= 4 is 46.1 Å². The minimum absolute atomic E-state index is 0.0480. The second-order valence-corrected chi connectivity index (χ2v) is 19.1. The van der Waals surface area contributed by atoms with Gasteiger partial charge in [-0.1, -0.05) is 0 Å². The Balaban J connectivity index is 0.878. The number of hydrogen-bond donors (Lipinski definition) is 2. The van der Waals surface area contributed by atoms with Crippen molar-refractivity contribution in [3.05, 3.63) is 76.1 Å². The van der Waals surface area contributed by atoms with E-state index in [0.717, 1.165) is 85.3 Å². The molecule has 17 heteroatoms. The Hall–Kier alpha value is -5.94. The van der Waals surface area contributed by atoms with Gasteiger partial charge in [-0.15, -0.1) is 0 Å². The molecule has 348 valence electrons. The summed E-state index contributed by atoms with van der Waals surface area (Å²) in [4.78, 5) is 55.2. The van der Waals surface area contributed by atoms with Gasteiger partial charge < -0.3 is 23.8 Å². The van der Waals surface area contributed by atoms with Crippen molar-refractivity contribution in [3.8, 4) is 17.1 Å². The molecular weight excluding hydrogens is 847 g/mol. The summed E-state index contributed by atoms with van der Waals surface area (Å²) in [5.41, 5.74) is 7.66. The number of imide groups is 1. The molecule has 3 aromatic heterocycles. The fraction of sp³-hybridized carbons (Fsp3) is 0.510. The van der Waals surface area contributed by atoms with E-state index in [-0.39, 0.29) is 36.4 Å². The van der Waals surface area contributed by atoms with Crippen LogP contribution in [0.5, 0.6) is 5.88 Å². The van der Waals surface area contributed by atoms with Crippen LogP contribution in [0.4, 0.5) is 26.1 Å². The third-order valence-corrected chi connectivity index (χ3v) is 14.7. The fourth-order valence-electron chi connectivity index (χ4n) is 11.5. The van der Waals surface area contributed by atoms with Crippen LogP contribution in [0, 0.1) is 44.2 Å². The van der Waals surface area contributed by atoms with Crippen molar-refractivity contribution in [3.63, 3.8) is 0 Å². The Morgan fingerprint density at radius 3 is 2.38 bits per heavy atom. The number of carbonyl (C=O) groups is 3. The van der Waals surface area contributed by atoms with E-state index >= 15 is 8.78 Å². The lowest BCUT2D eigenvalue weighted by molar-refractivity contribution is -0.134. The molecule has 4 bridgehead atoms. The number of piperazine rings is 1. The van der Waals surface area contributed by atoms with Crippen molar-refractivity contribution in [2.24, 2.45) is 18.9 Å². The first-order chi connectivity index (χ1) is 31.8. The zero-order valence-corrected chi connectivity index (χ0v) is 38.3. The number of aromatic nitrogens is 5. The summed E-state index contributed by atoms with van der Waals surface area (Å²) in [6.07, 6.45) is 4.84. The van der Waals surface area contributed by atoms with Crippen LogP contribution in [0.25, 0.3) is 22.3 Å². The van der Waals surface area contributed by atoms with Crippen LogP contribution in [-0.2, 0) is 27.9 Å². The number of rotatable bonds is 6. The monoisotopic (exact) mass is 904 g/mol. The summed E-state index contributed by atoms with van der Waals surface area (Å²) in [6.45, 7) is 11.4. The highest BCUT2D eigenvalue weighted by atomic mass is 19.1. The average Bonchev–Trinajstić information content (AvgIpc) is 3.96. The van der Waals surface area contributed by atoms with Gasteiger partial charge in [0.25, 0.3) is 5.91 Å². The number of amides is 3. The number of benzene rings is 2. The number of anilines is 3. The van der Waals surface area contributed by atoms with Gasteiger partial charge in [-0.2, -0.15) is 5.10 Å². The van der Waals surface area contributed by atoms with Crippen molar-refractivity contribution in [2.75, 3.05) is 68.2 Å². The van der Waals surface area contributed by atoms with Crippen LogP contribution < -0.4 is 25.2 Å². The van der Waals surface area contributed by atoms with Gasteiger partial charge in [-0.25, -0.2) is 18.4 Å². The molecule has 2 aromatic carbocycles. The number of hydrogen-bond acceptors (Lipinski definition) is 11. The highest BCUT2D eigenvalue weighted by Crippen LogP contribution is 2.40. The summed E-state index contributed by atoms with van der Waals surface area (Å²) in [5.74, 6) is -1.96. The van der Waals surface area contributed by atoms with Crippen LogP contribution >= 0.6 is 0 Å². The first-order valence-electron chi connectivity index (χ1n) is 23.4. The van der Waals surface area contributed by atoms with E-state index in [1.807, 2.05) is 31.9 Å². The first-order valence-corrected chi connectivity index (χ1v) is 23.4. The maximum absolute atomic E-state index is 15.5. The lowest BCUT2D eigenvalue weighted by Gasteiger charge is -2.48. The van der Waals surface area contributed by atoms with Gasteiger partial charge in [0.2, 0.25) is 23.6 Å². The van der Waals surface area contributed by atoms with E-state index in [9.17, 15) is 14.4 Å². The highest BCUT2D eigenvalue weighted by Gasteiger charge is 2.37. The number of aryl methyl sites for hydroxylation is 4. The summed E-state index contributed by atoms with van der Waals surface area (Å²) < 4.78 is 47.3. The Bertz CT molecular complexity index is 2700. The Labute approximate surface area is 382 Å². The molecule has 0 radical (unpaired) electrons. The SMILES string of the molecule is COC[C@@H]1CN(c2cc3c(cc2C)nc2n3C[C@@H]3CC[C@H](COc4c(c(C)nn4C)-c4cc(cc(C)n4)C(=O)N2)C3)CCN1C1CCN(c2cc(F)c([C@H]3CCC(=O)NC3=O)c(F)c2)CC1. The number of piperidine rings is 2. The summed E-state index contributed by atoms with van der Waals surface area (Å²) >= 11 is 0. The van der Waals surface area contributed by atoms with Crippen LogP contribution in [0.3, 0.4) is 0 Å². The Morgan fingerprint density at radius 2 is 1.62 bits per heavy atom. The largest absolute Gasteiger partial charge is 0.477 e. The summed E-state index contributed by atoms with van der Waals surface area (Å²) in [5, 5.41) is 10.1. The Kier molecular flexibility index (Phi) is 11.8. The molecule has 7 heterocycles. The summed E-state index contributed by atoms with van der Waals surface area (Å²) in [6, 6.07) is 11.0. The van der Waals surface area contributed by atoms with Gasteiger partial charge in [0.1, 0.15) is 11.6 Å². The summed E-state index contributed by atoms with van der Waals surface area (Å²) in [7, 11) is 3.62. The van der Waals surface area contributed by atoms with Crippen LogP contribution in [0.1, 0.15) is 83.7 Å². The van der Waals surface area contributed by atoms with E-state index in [4.69, 9.17) is 19.4 Å². The minimum Gasteiger partial charge on any atom is -0.477 e. The number of imidazole rings is 1. The van der Waals surface area contributed by atoms with Gasteiger partial charge in [0.05, 0.1) is 53.2 Å². The zero-order chi connectivity index (χ0) is 46.0. The lowest BCUT2D eigenvalue weighted by Crippen LogP contribution is -2.60. The van der Waals surface area contributed by atoms with Gasteiger partial charge in [0, 0.05) is 94.1 Å². The predicted octanol–water partition coefficient (Wildman–Crippen LogP) is 6.42. The third kappa shape index (κ3) is 8.28. The molecule has 5 aliphatic rings. The second-order valence-electron chi connectivity index (χ2n) is 19.1. The molecule has 0 unspecified atom stereocenters. The fourth-order valence-corrected chi connectivity index (χ4v) is 11.5. The standard InChI is InChI=1S/C49H58F2N10O5/c1-27-16-39-42(61-23-30-6-7-31(18-30)25-66-48-44(29(3)56-57(48)4)40-19-32(17-28(2)52-40)46(63)55-49(61)53-39)22-41(27)59-14-15-60(35(24-59)26-65-5)33-10-12-58(13-11-33)34-20-37(50)45(38(51)21-34)36-8-9-43(62)54-47(36)64/h16-17,19-22,30-31,33,35-36H,6-15,18,23-26H2,1-5H3,(H,53,55,63)(H,54,62,64)/t30-,31+,35+,36-/m1/s1. The van der Waals surface area contributed by atoms with Gasteiger partial charge in [-0.3, -0.25) is 34.9 Å². The van der Waals surface area contributed by atoms with Crippen LogP contribution in [0.2, 0.25) is 0 Å². The maximum Gasteiger partial charge on any atom is 0.258 e. The lowest BCUT2D eigenvalue weighted by atomic mass is 9.89. The van der Waals surface area contributed by atoms with Crippen molar-refractivity contribution in [2.45, 2.75) is 90.3 Å². The molecule has 5 aromatic rings. The molecule has 0 spiro atoms. The minimum atomic E-state index is -1.03. The molecule has 2 N–H and O–H groups in total. The normalized spacial score (nSPS) is 23.2. The molecule has 4 aliphatic heterocycles. The predicted molar refractivity (Wildman–Crippen MR) is 246 cm³/mol. The number of nitrogens with zero attached hydrogens (tertiary/aromatic N) is 8. The number of carbonyl (C=O) groups excluding carboxylic acids is 3. The topological polar surface area (TPSA) is 152 Å². The number of pyridine rings is 1. The Morgan fingerprint density at radius 1 is 0.848 bits per heavy atom. The van der Waals surface area contributed by atoms with Crippen LogP contribution in [0.15, 0.2) is 36.4 Å². The molecule has 10 rings (SSSR count). The zero-order valence-electron chi connectivity index (χ0n) is 38.3. The van der Waals surface area contributed by atoms with Gasteiger partial charge in [0.15, 0.2) is 0 Å². The molecule has 3 amide bonds. The van der Waals surface area contributed by atoms with E-state index in [1.165, 1.54) is 12.1 Å². The second kappa shape index (κ2) is 17.7. The van der Waals surface area contributed by atoms with E-state index in [2.05, 4.69) is 49.2 Å². The number of fused-ring (bicyclic) bond motifs is 9. The van der Waals surface area contributed by atoms with Crippen molar-refractivity contribution in [1.29, 1.82) is 0 Å². The molecule has 3 saturated heterocycles. The number of nitrogens with one attached hydrogen (secondary N) is 2. The van der Waals surface area contributed by atoms with Gasteiger partial charge in [-0.05, 0) is 113 Å². The first kappa shape index (κ1) is 43.9. The molecule has 15 nitrogen and oxygen atoms in total. The highest BCUT2D eigenvalue weighted by molar-refractivity contribution is 6.05. The van der Waals surface area contributed by atoms with E-state index in [1.54, 1.807) is 17.9 Å². The average molecular weight is 905 g/mol. The molecular formula is C49H58F2N10O5. The molecule has 4 fully saturated rings. The quantitative estimate of drug-likeness (QED) is 0.182. The molecule has 1 aliphatic carbocycles. The van der Waals surface area contributed by atoms with Crippen molar-refractivity contribution < 1.29 is 32.6 Å². The van der Waals surface area contributed by atoms with Crippen LogP contribution in [-0.4, -0.2) is 112 Å².